The fraction of sp³-hybridized carbons (Fsp3) is 0.350. The van der Waals surface area contributed by atoms with E-state index in [1.165, 1.54) is 0 Å². The number of anilines is 2. The molecule has 0 spiro atoms. The first-order valence-corrected chi connectivity index (χ1v) is 9.23. The van der Waals surface area contributed by atoms with Crippen LogP contribution in [0.3, 0.4) is 0 Å². The van der Waals surface area contributed by atoms with Crippen LogP contribution in [-0.4, -0.2) is 61.2 Å². The number of nitrogens with zero attached hydrogens (tertiary/aromatic N) is 3. The predicted molar refractivity (Wildman–Crippen MR) is 108 cm³/mol. The molecule has 0 bridgehead atoms. The van der Waals surface area contributed by atoms with Gasteiger partial charge in [0.25, 0.3) is 0 Å². The fourth-order valence-corrected chi connectivity index (χ4v) is 2.95. The lowest BCUT2D eigenvalue weighted by Gasteiger charge is -2.35. The Bertz CT molecular complexity index is 789. The van der Waals surface area contributed by atoms with Crippen molar-refractivity contribution in [1.82, 2.24) is 15.2 Å². The summed E-state index contributed by atoms with van der Waals surface area (Å²) in [5, 5.41) is 5.55. The molecule has 2 heterocycles. The SMILES string of the molecule is COc1ccc(NC(=O)C(C)NC(=O)N2CCN(c3ccccn3)CC2)cc1. The predicted octanol–water partition coefficient (Wildman–Crippen LogP) is 1.95. The molecule has 0 saturated carbocycles. The van der Waals surface area contributed by atoms with E-state index in [2.05, 4.69) is 20.5 Å². The van der Waals surface area contributed by atoms with E-state index in [1.54, 1.807) is 49.4 Å². The third-order valence-corrected chi connectivity index (χ3v) is 4.63. The summed E-state index contributed by atoms with van der Waals surface area (Å²) in [6.45, 7) is 4.24. The van der Waals surface area contributed by atoms with Gasteiger partial charge in [-0.25, -0.2) is 9.78 Å². The number of urea groups is 1. The number of nitrogens with one attached hydrogen (secondary N) is 2. The van der Waals surface area contributed by atoms with Crippen molar-refractivity contribution in [3.63, 3.8) is 0 Å². The molecule has 2 aromatic rings. The Balaban J connectivity index is 1.46. The summed E-state index contributed by atoms with van der Waals surface area (Å²) in [7, 11) is 1.58. The zero-order valence-electron chi connectivity index (χ0n) is 16.1. The van der Waals surface area contributed by atoms with E-state index in [0.29, 0.717) is 37.6 Å². The van der Waals surface area contributed by atoms with Crippen molar-refractivity contribution in [1.29, 1.82) is 0 Å². The molecule has 0 aliphatic carbocycles. The van der Waals surface area contributed by atoms with E-state index >= 15 is 0 Å². The number of benzene rings is 1. The number of aromatic nitrogens is 1. The van der Waals surface area contributed by atoms with Crippen LogP contribution < -0.4 is 20.3 Å². The largest absolute Gasteiger partial charge is 0.497 e. The maximum Gasteiger partial charge on any atom is 0.318 e. The molecule has 1 aromatic heterocycles. The normalized spacial score (nSPS) is 14.9. The van der Waals surface area contributed by atoms with Crippen molar-refractivity contribution in [3.8, 4) is 5.75 Å². The monoisotopic (exact) mass is 383 g/mol. The van der Waals surface area contributed by atoms with Gasteiger partial charge >= 0.3 is 6.03 Å². The van der Waals surface area contributed by atoms with Crippen LogP contribution >= 0.6 is 0 Å². The summed E-state index contributed by atoms with van der Waals surface area (Å²) in [5.41, 5.74) is 0.649. The van der Waals surface area contributed by atoms with Gasteiger partial charge in [-0.2, -0.15) is 0 Å². The van der Waals surface area contributed by atoms with Crippen LogP contribution in [0.5, 0.6) is 5.75 Å². The highest BCUT2D eigenvalue weighted by Crippen LogP contribution is 2.15. The van der Waals surface area contributed by atoms with E-state index in [-0.39, 0.29) is 11.9 Å². The van der Waals surface area contributed by atoms with Crippen molar-refractivity contribution >= 4 is 23.4 Å². The lowest BCUT2D eigenvalue weighted by atomic mass is 10.2. The lowest BCUT2D eigenvalue weighted by molar-refractivity contribution is -0.117. The van der Waals surface area contributed by atoms with Gasteiger partial charge in [-0.1, -0.05) is 6.07 Å². The highest BCUT2D eigenvalue weighted by Gasteiger charge is 2.24. The van der Waals surface area contributed by atoms with Gasteiger partial charge in [0.05, 0.1) is 7.11 Å². The number of hydrogen-bond acceptors (Lipinski definition) is 5. The van der Waals surface area contributed by atoms with Gasteiger partial charge in [-0.15, -0.1) is 0 Å². The topological polar surface area (TPSA) is 86.8 Å². The Labute approximate surface area is 164 Å². The smallest absolute Gasteiger partial charge is 0.318 e. The number of hydrogen-bond donors (Lipinski definition) is 2. The molecule has 0 radical (unpaired) electrons. The minimum absolute atomic E-state index is 0.238. The van der Waals surface area contributed by atoms with Gasteiger partial charge in [0.15, 0.2) is 0 Å². The van der Waals surface area contributed by atoms with Crippen LogP contribution in [-0.2, 0) is 4.79 Å². The van der Waals surface area contributed by atoms with E-state index in [9.17, 15) is 9.59 Å². The van der Waals surface area contributed by atoms with Crippen molar-refractivity contribution < 1.29 is 14.3 Å². The molecular formula is C20H25N5O3. The van der Waals surface area contributed by atoms with Crippen LogP contribution in [0.1, 0.15) is 6.92 Å². The number of rotatable bonds is 5. The maximum atomic E-state index is 12.5. The maximum absolute atomic E-state index is 12.5. The first kappa shape index (κ1) is 19.5. The molecule has 1 atom stereocenters. The molecule has 1 fully saturated rings. The third-order valence-electron chi connectivity index (χ3n) is 4.63. The van der Waals surface area contributed by atoms with E-state index in [4.69, 9.17) is 4.74 Å². The van der Waals surface area contributed by atoms with Crippen LogP contribution in [0.15, 0.2) is 48.7 Å². The minimum Gasteiger partial charge on any atom is -0.497 e. The number of ether oxygens (including phenoxy) is 1. The molecular weight excluding hydrogens is 358 g/mol. The molecule has 148 valence electrons. The molecule has 1 aromatic carbocycles. The van der Waals surface area contributed by atoms with Crippen molar-refractivity contribution in [2.24, 2.45) is 0 Å². The summed E-state index contributed by atoms with van der Waals surface area (Å²) in [6, 6.07) is 11.9. The molecule has 8 nitrogen and oxygen atoms in total. The lowest BCUT2D eigenvalue weighted by Crippen LogP contribution is -2.54. The van der Waals surface area contributed by atoms with Crippen molar-refractivity contribution in [2.75, 3.05) is 43.5 Å². The number of carbonyl (C=O) groups excluding carboxylic acids is 2. The number of piperazine rings is 1. The summed E-state index contributed by atoms with van der Waals surface area (Å²) < 4.78 is 5.09. The van der Waals surface area contributed by atoms with Gasteiger partial charge in [-0.3, -0.25) is 4.79 Å². The van der Waals surface area contributed by atoms with E-state index < -0.39 is 6.04 Å². The number of pyridine rings is 1. The Morgan fingerprint density at radius 1 is 1.07 bits per heavy atom. The Morgan fingerprint density at radius 2 is 1.79 bits per heavy atom. The third kappa shape index (κ3) is 4.91. The number of amides is 3. The molecule has 3 rings (SSSR count). The van der Waals surface area contributed by atoms with Gasteiger partial charge in [0.1, 0.15) is 17.6 Å². The molecule has 1 aliphatic heterocycles. The summed E-state index contributed by atoms with van der Waals surface area (Å²) in [4.78, 5) is 33.0. The molecule has 28 heavy (non-hydrogen) atoms. The van der Waals surface area contributed by atoms with Gasteiger partial charge in [0, 0.05) is 38.1 Å². The summed E-state index contributed by atoms with van der Waals surface area (Å²) >= 11 is 0. The zero-order chi connectivity index (χ0) is 19.9. The second-order valence-corrected chi connectivity index (χ2v) is 6.55. The Morgan fingerprint density at radius 3 is 2.39 bits per heavy atom. The molecule has 1 aliphatic rings. The molecule has 3 amide bonds. The van der Waals surface area contributed by atoms with Gasteiger partial charge in [-0.05, 0) is 43.3 Å². The van der Waals surface area contributed by atoms with Crippen molar-refractivity contribution in [2.45, 2.75) is 13.0 Å². The van der Waals surface area contributed by atoms with Crippen LogP contribution in [0, 0.1) is 0 Å². The summed E-state index contributed by atoms with van der Waals surface area (Å²) in [6.07, 6.45) is 1.76. The van der Waals surface area contributed by atoms with Crippen LogP contribution in [0.25, 0.3) is 0 Å². The second-order valence-electron chi connectivity index (χ2n) is 6.55. The van der Waals surface area contributed by atoms with Gasteiger partial charge in [0.2, 0.25) is 5.91 Å². The molecule has 8 heteroatoms. The quantitative estimate of drug-likeness (QED) is 0.824. The Kier molecular flexibility index (Phi) is 6.31. The van der Waals surface area contributed by atoms with E-state index in [1.807, 2.05) is 18.2 Å². The zero-order valence-corrected chi connectivity index (χ0v) is 16.1. The minimum atomic E-state index is -0.650. The standard InChI is InChI=1S/C20H25N5O3/c1-15(19(26)23-16-6-8-17(28-2)9-7-16)22-20(27)25-13-11-24(12-14-25)18-5-3-4-10-21-18/h3-10,15H,11-14H2,1-2H3,(H,22,27)(H,23,26). The molecule has 2 N–H and O–H groups in total. The van der Waals surface area contributed by atoms with Crippen molar-refractivity contribution in [3.05, 3.63) is 48.7 Å². The first-order valence-electron chi connectivity index (χ1n) is 9.23. The molecule has 1 unspecified atom stereocenters. The number of methoxy groups -OCH3 is 1. The average Bonchev–Trinajstić information content (AvgIpc) is 2.75. The second kappa shape index (κ2) is 9.07. The highest BCUT2D eigenvalue weighted by molar-refractivity contribution is 5.96. The average molecular weight is 383 g/mol. The van der Waals surface area contributed by atoms with Crippen LogP contribution in [0.2, 0.25) is 0 Å². The van der Waals surface area contributed by atoms with Gasteiger partial charge < -0.3 is 25.2 Å². The fourth-order valence-electron chi connectivity index (χ4n) is 2.95. The Hall–Kier alpha value is -3.29. The number of carbonyl (C=O) groups is 2. The first-order chi connectivity index (χ1) is 13.6. The molecule has 1 saturated heterocycles. The highest BCUT2D eigenvalue weighted by atomic mass is 16.5. The van der Waals surface area contributed by atoms with Crippen LogP contribution in [0.4, 0.5) is 16.3 Å². The summed E-state index contributed by atoms with van der Waals surface area (Å²) in [5.74, 6) is 1.35. The van der Waals surface area contributed by atoms with E-state index in [0.717, 1.165) is 5.82 Å².